The van der Waals surface area contributed by atoms with Gasteiger partial charge in [-0.3, -0.25) is 0 Å². The van der Waals surface area contributed by atoms with Crippen LogP contribution < -0.4 is 10.5 Å². The molecule has 3 N–H and O–H groups in total. The van der Waals surface area contributed by atoms with Gasteiger partial charge in [0.25, 0.3) is 6.01 Å². The summed E-state index contributed by atoms with van der Waals surface area (Å²) >= 11 is 0. The molecular weight excluding hydrogens is 220 g/mol. The van der Waals surface area contributed by atoms with E-state index in [0.29, 0.717) is 17.0 Å². The Morgan fingerprint density at radius 1 is 1.35 bits per heavy atom. The average Bonchev–Trinajstić information content (AvgIpc) is 2.68. The molecule has 5 nitrogen and oxygen atoms in total. The van der Waals surface area contributed by atoms with Crippen molar-refractivity contribution in [2.24, 2.45) is 0 Å². The SMILES string of the molecule is COc1ccc(C(O)c2oc(N)nc2C)cc1. The van der Waals surface area contributed by atoms with Crippen LogP contribution in [0.25, 0.3) is 0 Å². The van der Waals surface area contributed by atoms with Crippen LogP contribution in [0.3, 0.4) is 0 Å². The van der Waals surface area contributed by atoms with Crippen molar-refractivity contribution < 1.29 is 14.3 Å². The van der Waals surface area contributed by atoms with Gasteiger partial charge in [0.1, 0.15) is 11.9 Å². The Labute approximate surface area is 98.8 Å². The first-order chi connectivity index (χ1) is 8.11. The number of hydrogen-bond acceptors (Lipinski definition) is 5. The molecule has 1 aromatic carbocycles. The predicted octanol–water partition coefficient (Wildman–Crippen LogP) is 1.66. The number of ether oxygens (including phenoxy) is 1. The summed E-state index contributed by atoms with van der Waals surface area (Å²) in [5.74, 6) is 1.10. The zero-order chi connectivity index (χ0) is 12.4. The van der Waals surface area contributed by atoms with Crippen LogP contribution in [-0.2, 0) is 0 Å². The number of rotatable bonds is 3. The van der Waals surface area contributed by atoms with Gasteiger partial charge in [-0.25, -0.2) is 0 Å². The van der Waals surface area contributed by atoms with Crippen LogP contribution in [0.4, 0.5) is 6.01 Å². The Balaban J connectivity index is 2.30. The van der Waals surface area contributed by atoms with E-state index in [-0.39, 0.29) is 6.01 Å². The van der Waals surface area contributed by atoms with Crippen LogP contribution in [0.5, 0.6) is 5.75 Å². The van der Waals surface area contributed by atoms with E-state index in [1.807, 2.05) is 0 Å². The topological polar surface area (TPSA) is 81.5 Å². The molecule has 1 aromatic heterocycles. The van der Waals surface area contributed by atoms with E-state index in [1.165, 1.54) is 0 Å². The molecule has 0 aliphatic rings. The fourth-order valence-electron chi connectivity index (χ4n) is 1.62. The minimum atomic E-state index is -0.870. The van der Waals surface area contributed by atoms with E-state index >= 15 is 0 Å². The number of aliphatic hydroxyl groups excluding tert-OH is 1. The average molecular weight is 234 g/mol. The van der Waals surface area contributed by atoms with E-state index in [0.717, 1.165) is 5.75 Å². The first-order valence-electron chi connectivity index (χ1n) is 5.16. The fraction of sp³-hybridized carbons (Fsp3) is 0.250. The number of nitrogen functional groups attached to an aromatic ring is 1. The maximum absolute atomic E-state index is 10.1. The highest BCUT2D eigenvalue weighted by Gasteiger charge is 2.18. The third-order valence-electron chi connectivity index (χ3n) is 2.53. The normalized spacial score (nSPS) is 12.4. The molecule has 0 spiro atoms. The van der Waals surface area contributed by atoms with Crippen molar-refractivity contribution in [3.05, 3.63) is 41.3 Å². The number of nitrogens with zero attached hydrogens (tertiary/aromatic N) is 1. The number of aromatic nitrogens is 1. The molecule has 0 saturated carbocycles. The summed E-state index contributed by atoms with van der Waals surface area (Å²) in [6.07, 6.45) is -0.870. The summed E-state index contributed by atoms with van der Waals surface area (Å²) in [4.78, 5) is 3.92. The second kappa shape index (κ2) is 4.47. The van der Waals surface area contributed by atoms with Crippen LogP contribution in [0.2, 0.25) is 0 Å². The van der Waals surface area contributed by atoms with Crippen molar-refractivity contribution in [1.82, 2.24) is 4.98 Å². The largest absolute Gasteiger partial charge is 0.497 e. The van der Waals surface area contributed by atoms with Crippen LogP contribution in [0, 0.1) is 6.92 Å². The van der Waals surface area contributed by atoms with Gasteiger partial charge in [-0.05, 0) is 24.6 Å². The van der Waals surface area contributed by atoms with Gasteiger partial charge in [0.2, 0.25) is 0 Å². The third kappa shape index (κ3) is 2.24. The summed E-state index contributed by atoms with van der Waals surface area (Å²) in [6.45, 7) is 1.74. The highest BCUT2D eigenvalue weighted by Crippen LogP contribution is 2.27. The Bertz CT molecular complexity index is 505. The molecule has 0 aliphatic heterocycles. The number of benzene rings is 1. The number of aryl methyl sites for hydroxylation is 1. The predicted molar refractivity (Wildman–Crippen MR) is 62.7 cm³/mol. The van der Waals surface area contributed by atoms with Gasteiger partial charge in [-0.15, -0.1) is 0 Å². The van der Waals surface area contributed by atoms with E-state index in [4.69, 9.17) is 14.9 Å². The minimum absolute atomic E-state index is 0.0602. The Morgan fingerprint density at radius 3 is 2.47 bits per heavy atom. The zero-order valence-corrected chi connectivity index (χ0v) is 9.68. The van der Waals surface area contributed by atoms with Crippen molar-refractivity contribution >= 4 is 6.01 Å². The van der Waals surface area contributed by atoms with Crippen LogP contribution in [-0.4, -0.2) is 17.2 Å². The first kappa shape index (κ1) is 11.5. The monoisotopic (exact) mass is 234 g/mol. The molecule has 2 aromatic rings. The molecule has 5 heteroatoms. The van der Waals surface area contributed by atoms with E-state index in [1.54, 1.807) is 38.3 Å². The van der Waals surface area contributed by atoms with Gasteiger partial charge in [-0.2, -0.15) is 4.98 Å². The highest BCUT2D eigenvalue weighted by molar-refractivity contribution is 5.33. The van der Waals surface area contributed by atoms with Gasteiger partial charge < -0.3 is 20.0 Å². The number of oxazole rings is 1. The second-order valence-electron chi connectivity index (χ2n) is 3.68. The Morgan fingerprint density at radius 2 is 2.00 bits per heavy atom. The molecule has 0 aliphatic carbocycles. The summed E-state index contributed by atoms with van der Waals surface area (Å²) in [5.41, 5.74) is 6.72. The standard InChI is InChI=1S/C12H14N2O3/c1-7-11(17-12(13)14-7)10(15)8-3-5-9(16-2)6-4-8/h3-6,10,15H,1-2H3,(H2,13,14). The highest BCUT2D eigenvalue weighted by atomic mass is 16.5. The molecule has 1 unspecified atom stereocenters. The molecule has 17 heavy (non-hydrogen) atoms. The molecule has 1 atom stereocenters. The van der Waals surface area contributed by atoms with Crippen molar-refractivity contribution in [2.75, 3.05) is 12.8 Å². The second-order valence-corrected chi connectivity index (χ2v) is 3.68. The van der Waals surface area contributed by atoms with Crippen LogP contribution >= 0.6 is 0 Å². The summed E-state index contributed by atoms with van der Waals surface area (Å²) in [6, 6.07) is 7.13. The molecule has 90 valence electrons. The Kier molecular flexibility index (Phi) is 3.01. The molecule has 0 bridgehead atoms. The third-order valence-corrected chi connectivity index (χ3v) is 2.53. The number of hydrogen-bond donors (Lipinski definition) is 2. The van der Waals surface area contributed by atoms with Gasteiger partial charge in [0, 0.05) is 0 Å². The van der Waals surface area contributed by atoms with Crippen LogP contribution in [0.15, 0.2) is 28.7 Å². The summed E-state index contributed by atoms with van der Waals surface area (Å²) < 4.78 is 10.2. The summed E-state index contributed by atoms with van der Waals surface area (Å²) in [5, 5.41) is 10.1. The van der Waals surface area contributed by atoms with E-state index in [9.17, 15) is 5.11 Å². The Hall–Kier alpha value is -2.01. The summed E-state index contributed by atoms with van der Waals surface area (Å²) in [7, 11) is 1.59. The number of nitrogens with two attached hydrogens (primary N) is 1. The minimum Gasteiger partial charge on any atom is -0.497 e. The maximum Gasteiger partial charge on any atom is 0.292 e. The van der Waals surface area contributed by atoms with Gasteiger partial charge >= 0.3 is 0 Å². The van der Waals surface area contributed by atoms with Gasteiger partial charge in [-0.1, -0.05) is 12.1 Å². The fourth-order valence-corrected chi connectivity index (χ4v) is 1.62. The van der Waals surface area contributed by atoms with Crippen molar-refractivity contribution in [3.8, 4) is 5.75 Å². The number of methoxy groups -OCH3 is 1. The number of aliphatic hydroxyl groups is 1. The smallest absolute Gasteiger partial charge is 0.292 e. The molecule has 0 amide bonds. The lowest BCUT2D eigenvalue weighted by Crippen LogP contribution is -2.00. The van der Waals surface area contributed by atoms with E-state index < -0.39 is 6.10 Å². The van der Waals surface area contributed by atoms with Crippen molar-refractivity contribution in [1.29, 1.82) is 0 Å². The molecule has 0 fully saturated rings. The lowest BCUT2D eigenvalue weighted by molar-refractivity contribution is 0.189. The maximum atomic E-state index is 10.1. The van der Waals surface area contributed by atoms with Crippen molar-refractivity contribution in [2.45, 2.75) is 13.0 Å². The molecule has 2 rings (SSSR count). The molecule has 0 radical (unpaired) electrons. The zero-order valence-electron chi connectivity index (χ0n) is 9.68. The quantitative estimate of drug-likeness (QED) is 0.844. The lowest BCUT2D eigenvalue weighted by atomic mass is 10.1. The number of anilines is 1. The molecular formula is C12H14N2O3. The lowest BCUT2D eigenvalue weighted by Gasteiger charge is -2.09. The van der Waals surface area contributed by atoms with Crippen molar-refractivity contribution in [3.63, 3.8) is 0 Å². The molecule has 1 heterocycles. The first-order valence-corrected chi connectivity index (χ1v) is 5.16. The molecule has 0 saturated heterocycles. The van der Waals surface area contributed by atoms with E-state index in [2.05, 4.69) is 4.98 Å². The van der Waals surface area contributed by atoms with Gasteiger partial charge in [0.05, 0.1) is 12.8 Å². The van der Waals surface area contributed by atoms with Crippen LogP contribution in [0.1, 0.15) is 23.1 Å². The van der Waals surface area contributed by atoms with Gasteiger partial charge in [0.15, 0.2) is 5.76 Å².